The quantitative estimate of drug-likeness (QED) is 0.680. The van der Waals surface area contributed by atoms with Gasteiger partial charge >= 0.3 is 0 Å². The summed E-state index contributed by atoms with van der Waals surface area (Å²) in [7, 11) is 0. The Hall–Kier alpha value is -0.450. The van der Waals surface area contributed by atoms with Crippen molar-refractivity contribution in [3.05, 3.63) is 16.6 Å². The Labute approximate surface area is 83.4 Å². The van der Waals surface area contributed by atoms with Crippen LogP contribution in [0.5, 0.6) is 0 Å². The molecule has 0 bridgehead atoms. The zero-order chi connectivity index (χ0) is 9.52. The van der Waals surface area contributed by atoms with Gasteiger partial charge in [0.25, 0.3) is 0 Å². The van der Waals surface area contributed by atoms with Gasteiger partial charge in [-0.2, -0.15) is 0 Å². The number of rotatable bonds is 6. The molecule has 1 unspecified atom stereocenters. The standard InChI is InChI=1S/C9H17N3S/c1-8(10)3-2-4-11-5-9-6-13-7-12-9/h6-8,11H,2-5,10H2,1H3. The minimum absolute atomic E-state index is 0.320. The molecule has 13 heavy (non-hydrogen) atoms. The van der Waals surface area contributed by atoms with Crippen LogP contribution in [-0.4, -0.2) is 17.6 Å². The predicted octanol–water partition coefficient (Wildman–Crippen LogP) is 1.36. The number of nitrogens with one attached hydrogen (secondary N) is 1. The van der Waals surface area contributed by atoms with Crippen molar-refractivity contribution in [1.82, 2.24) is 10.3 Å². The van der Waals surface area contributed by atoms with Crippen molar-refractivity contribution in [2.75, 3.05) is 6.54 Å². The van der Waals surface area contributed by atoms with Gasteiger partial charge in [0, 0.05) is 18.0 Å². The SMILES string of the molecule is CC(N)CCCNCc1cscn1. The molecule has 1 aromatic heterocycles. The summed E-state index contributed by atoms with van der Waals surface area (Å²) in [6.07, 6.45) is 2.23. The molecule has 1 aromatic rings. The van der Waals surface area contributed by atoms with Gasteiger partial charge in [-0.05, 0) is 26.3 Å². The van der Waals surface area contributed by atoms with E-state index in [0.717, 1.165) is 31.6 Å². The Morgan fingerprint density at radius 1 is 1.69 bits per heavy atom. The van der Waals surface area contributed by atoms with Crippen LogP contribution in [0, 0.1) is 0 Å². The van der Waals surface area contributed by atoms with E-state index in [0.29, 0.717) is 6.04 Å². The molecule has 1 heterocycles. The van der Waals surface area contributed by atoms with Crippen molar-refractivity contribution in [2.24, 2.45) is 5.73 Å². The first-order chi connectivity index (χ1) is 6.29. The van der Waals surface area contributed by atoms with Gasteiger partial charge in [0.1, 0.15) is 0 Å². The predicted molar refractivity (Wildman–Crippen MR) is 56.7 cm³/mol. The zero-order valence-electron chi connectivity index (χ0n) is 7.99. The first kappa shape index (κ1) is 10.6. The highest BCUT2D eigenvalue weighted by Crippen LogP contribution is 2.00. The van der Waals surface area contributed by atoms with Gasteiger partial charge in [-0.15, -0.1) is 11.3 Å². The molecule has 74 valence electrons. The lowest BCUT2D eigenvalue weighted by Crippen LogP contribution is -2.19. The lowest BCUT2D eigenvalue weighted by Gasteiger charge is -2.05. The smallest absolute Gasteiger partial charge is 0.0795 e. The Bertz CT molecular complexity index is 209. The number of hydrogen-bond donors (Lipinski definition) is 2. The van der Waals surface area contributed by atoms with Crippen LogP contribution in [0.2, 0.25) is 0 Å². The van der Waals surface area contributed by atoms with Crippen molar-refractivity contribution in [3.8, 4) is 0 Å². The van der Waals surface area contributed by atoms with Crippen molar-refractivity contribution < 1.29 is 0 Å². The van der Waals surface area contributed by atoms with Crippen LogP contribution in [0.25, 0.3) is 0 Å². The molecule has 3 N–H and O–H groups in total. The Morgan fingerprint density at radius 3 is 3.15 bits per heavy atom. The van der Waals surface area contributed by atoms with Crippen LogP contribution in [-0.2, 0) is 6.54 Å². The van der Waals surface area contributed by atoms with E-state index < -0.39 is 0 Å². The first-order valence-corrected chi connectivity index (χ1v) is 5.56. The summed E-state index contributed by atoms with van der Waals surface area (Å²) in [4.78, 5) is 4.18. The Kier molecular flexibility index (Phi) is 4.97. The molecule has 0 aromatic carbocycles. The van der Waals surface area contributed by atoms with E-state index >= 15 is 0 Å². The minimum Gasteiger partial charge on any atom is -0.328 e. The summed E-state index contributed by atoms with van der Waals surface area (Å²) in [5.74, 6) is 0. The van der Waals surface area contributed by atoms with Crippen molar-refractivity contribution >= 4 is 11.3 Å². The molecule has 0 saturated heterocycles. The van der Waals surface area contributed by atoms with E-state index in [1.165, 1.54) is 0 Å². The van der Waals surface area contributed by atoms with Crippen molar-refractivity contribution in [3.63, 3.8) is 0 Å². The number of hydrogen-bond acceptors (Lipinski definition) is 4. The molecular formula is C9H17N3S. The minimum atomic E-state index is 0.320. The largest absolute Gasteiger partial charge is 0.328 e. The molecule has 0 fully saturated rings. The van der Waals surface area contributed by atoms with E-state index in [-0.39, 0.29) is 0 Å². The second-order valence-corrected chi connectivity index (χ2v) is 3.99. The maximum atomic E-state index is 5.63. The fraction of sp³-hybridized carbons (Fsp3) is 0.667. The molecule has 1 atom stereocenters. The molecule has 4 heteroatoms. The second kappa shape index (κ2) is 6.07. The van der Waals surface area contributed by atoms with Crippen LogP contribution in [0.15, 0.2) is 10.9 Å². The monoisotopic (exact) mass is 199 g/mol. The molecule has 0 aliphatic rings. The number of nitrogens with zero attached hydrogens (tertiary/aromatic N) is 1. The van der Waals surface area contributed by atoms with Gasteiger partial charge in [0.2, 0.25) is 0 Å². The summed E-state index contributed by atoms with van der Waals surface area (Å²) >= 11 is 1.64. The Balaban J connectivity index is 1.96. The second-order valence-electron chi connectivity index (χ2n) is 3.28. The maximum absolute atomic E-state index is 5.63. The fourth-order valence-electron chi connectivity index (χ4n) is 1.09. The summed E-state index contributed by atoms with van der Waals surface area (Å²) in [6.45, 7) is 3.95. The third kappa shape index (κ3) is 4.98. The molecule has 1 rings (SSSR count). The van der Waals surface area contributed by atoms with Crippen LogP contribution in [0.1, 0.15) is 25.5 Å². The van der Waals surface area contributed by atoms with E-state index in [4.69, 9.17) is 5.73 Å². The lowest BCUT2D eigenvalue weighted by molar-refractivity contribution is 0.572. The van der Waals surface area contributed by atoms with E-state index in [1.54, 1.807) is 11.3 Å². The summed E-state index contributed by atoms with van der Waals surface area (Å²) in [5.41, 5.74) is 8.62. The molecular weight excluding hydrogens is 182 g/mol. The summed E-state index contributed by atoms with van der Waals surface area (Å²) in [5, 5.41) is 5.40. The van der Waals surface area contributed by atoms with E-state index in [1.807, 2.05) is 12.4 Å². The van der Waals surface area contributed by atoms with Crippen LogP contribution in [0.3, 0.4) is 0 Å². The molecule has 0 spiro atoms. The van der Waals surface area contributed by atoms with Gasteiger partial charge in [0.15, 0.2) is 0 Å². The van der Waals surface area contributed by atoms with Gasteiger partial charge in [-0.25, -0.2) is 4.98 Å². The third-order valence-corrected chi connectivity index (χ3v) is 2.44. The maximum Gasteiger partial charge on any atom is 0.0795 e. The Morgan fingerprint density at radius 2 is 2.54 bits per heavy atom. The van der Waals surface area contributed by atoms with Gasteiger partial charge in [-0.3, -0.25) is 0 Å². The first-order valence-electron chi connectivity index (χ1n) is 4.62. The van der Waals surface area contributed by atoms with Crippen LogP contribution < -0.4 is 11.1 Å². The normalized spacial score (nSPS) is 13.1. The van der Waals surface area contributed by atoms with E-state index in [9.17, 15) is 0 Å². The molecule has 0 aliphatic heterocycles. The average molecular weight is 199 g/mol. The molecule has 0 aliphatic carbocycles. The van der Waals surface area contributed by atoms with Gasteiger partial charge < -0.3 is 11.1 Å². The fourth-order valence-corrected chi connectivity index (χ4v) is 1.65. The van der Waals surface area contributed by atoms with Gasteiger partial charge in [-0.1, -0.05) is 0 Å². The van der Waals surface area contributed by atoms with Gasteiger partial charge in [0.05, 0.1) is 11.2 Å². The summed E-state index contributed by atoms with van der Waals surface area (Å²) in [6, 6.07) is 0.320. The highest BCUT2D eigenvalue weighted by atomic mass is 32.1. The van der Waals surface area contributed by atoms with Crippen molar-refractivity contribution in [2.45, 2.75) is 32.4 Å². The highest BCUT2D eigenvalue weighted by Gasteiger charge is 1.95. The van der Waals surface area contributed by atoms with Crippen molar-refractivity contribution in [1.29, 1.82) is 0 Å². The van der Waals surface area contributed by atoms with Crippen LogP contribution >= 0.6 is 11.3 Å². The van der Waals surface area contributed by atoms with E-state index in [2.05, 4.69) is 15.7 Å². The average Bonchev–Trinajstić information content (AvgIpc) is 2.55. The molecule has 0 saturated carbocycles. The molecule has 0 amide bonds. The zero-order valence-corrected chi connectivity index (χ0v) is 8.81. The molecule has 0 radical (unpaired) electrons. The number of aromatic nitrogens is 1. The lowest BCUT2D eigenvalue weighted by atomic mass is 10.2. The highest BCUT2D eigenvalue weighted by molar-refractivity contribution is 7.07. The third-order valence-electron chi connectivity index (χ3n) is 1.80. The number of nitrogens with two attached hydrogens (primary N) is 1. The summed E-state index contributed by atoms with van der Waals surface area (Å²) < 4.78 is 0. The molecule has 3 nitrogen and oxygen atoms in total. The number of thiazole rings is 1. The topological polar surface area (TPSA) is 50.9 Å². The van der Waals surface area contributed by atoms with Crippen LogP contribution in [0.4, 0.5) is 0 Å².